The Balaban J connectivity index is 2.34. The molecule has 1 fully saturated rings. The smallest absolute Gasteiger partial charge is 0.197 e. The van der Waals surface area contributed by atoms with Crippen molar-refractivity contribution in [1.82, 2.24) is 0 Å². The average molecular weight is 240 g/mol. The van der Waals surface area contributed by atoms with E-state index in [4.69, 9.17) is 0 Å². The monoisotopic (exact) mass is 240 g/mol. The van der Waals surface area contributed by atoms with E-state index in [-0.39, 0.29) is 5.41 Å². The largest absolute Gasteiger partial charge is 0.285 e. The minimum Gasteiger partial charge on any atom is -0.197 e. The summed E-state index contributed by atoms with van der Waals surface area (Å²) in [5.74, 6) is -1.04. The van der Waals surface area contributed by atoms with E-state index in [1.165, 1.54) is 6.08 Å². The Morgan fingerprint density at radius 1 is 1.29 bits per heavy atom. The van der Waals surface area contributed by atoms with E-state index < -0.39 is 5.92 Å². The van der Waals surface area contributed by atoms with Crippen molar-refractivity contribution in [2.45, 2.75) is 46.5 Å². The van der Waals surface area contributed by atoms with E-state index in [1.54, 1.807) is 6.08 Å². The maximum Gasteiger partial charge on any atom is 0.285 e. The lowest BCUT2D eigenvalue weighted by Crippen LogP contribution is -2.40. The molecule has 0 spiro atoms. The molecule has 0 aliphatic heterocycles. The summed E-state index contributed by atoms with van der Waals surface area (Å²) in [6, 6.07) is 0. The van der Waals surface area contributed by atoms with Crippen molar-refractivity contribution in [3.63, 3.8) is 0 Å². The van der Waals surface area contributed by atoms with Crippen molar-refractivity contribution in [2.24, 2.45) is 23.2 Å². The third-order valence-electron chi connectivity index (χ3n) is 4.90. The zero-order valence-electron chi connectivity index (χ0n) is 11.1. The summed E-state index contributed by atoms with van der Waals surface area (Å²) in [5, 5.41) is 0. The van der Waals surface area contributed by atoms with Gasteiger partial charge in [-0.2, -0.15) is 8.78 Å². The molecule has 0 aromatic heterocycles. The molecular weight excluding hydrogens is 218 g/mol. The number of hydrogen-bond acceptors (Lipinski definition) is 0. The molecule has 96 valence electrons. The van der Waals surface area contributed by atoms with Crippen LogP contribution in [0.2, 0.25) is 0 Å². The Morgan fingerprint density at radius 3 is 2.53 bits per heavy atom. The summed E-state index contributed by atoms with van der Waals surface area (Å²) >= 11 is 0. The summed E-state index contributed by atoms with van der Waals surface area (Å²) in [4.78, 5) is 0. The molecule has 2 aliphatic rings. The van der Waals surface area contributed by atoms with Crippen LogP contribution in [0.25, 0.3) is 0 Å². The molecule has 0 aromatic carbocycles. The standard InChI is InChI=1S/C15H22F2/c1-10(2)13-6-5-12-9-15(16,17)8-7-14(12,4)11(13)3/h7-11,13H,5-6H2,1-4H3/t11?,13?,14-/m1/s1. The number of halogens is 2. The number of rotatable bonds is 1. The Kier molecular flexibility index (Phi) is 2.95. The van der Waals surface area contributed by atoms with Gasteiger partial charge in [-0.15, -0.1) is 0 Å². The van der Waals surface area contributed by atoms with Gasteiger partial charge in [-0.25, -0.2) is 0 Å². The summed E-state index contributed by atoms with van der Waals surface area (Å²) in [5.41, 5.74) is 0.781. The number of allylic oxidation sites excluding steroid dienone is 4. The van der Waals surface area contributed by atoms with Crippen LogP contribution in [0.3, 0.4) is 0 Å². The molecule has 2 unspecified atom stereocenters. The molecule has 2 heteroatoms. The third-order valence-corrected chi connectivity index (χ3v) is 4.90. The number of hydrogen-bond donors (Lipinski definition) is 0. The molecule has 0 N–H and O–H groups in total. The number of alkyl halides is 2. The molecule has 0 nitrogen and oxygen atoms in total. The molecule has 0 saturated heterocycles. The highest BCUT2D eigenvalue weighted by Crippen LogP contribution is 2.53. The molecule has 0 aromatic rings. The van der Waals surface area contributed by atoms with Gasteiger partial charge in [-0.1, -0.05) is 39.3 Å². The molecule has 0 amide bonds. The van der Waals surface area contributed by atoms with E-state index in [1.807, 2.05) is 0 Å². The van der Waals surface area contributed by atoms with E-state index in [9.17, 15) is 8.78 Å². The first-order valence-corrected chi connectivity index (χ1v) is 6.57. The van der Waals surface area contributed by atoms with Crippen molar-refractivity contribution in [3.05, 3.63) is 23.8 Å². The van der Waals surface area contributed by atoms with Gasteiger partial charge < -0.3 is 0 Å². The second-order valence-electron chi connectivity index (χ2n) is 6.20. The van der Waals surface area contributed by atoms with Crippen LogP contribution in [-0.2, 0) is 0 Å². The zero-order chi connectivity index (χ0) is 12.8. The molecule has 3 atom stereocenters. The van der Waals surface area contributed by atoms with Gasteiger partial charge in [0.15, 0.2) is 0 Å². The fraction of sp³-hybridized carbons (Fsp3) is 0.733. The van der Waals surface area contributed by atoms with Crippen molar-refractivity contribution < 1.29 is 8.78 Å². The van der Waals surface area contributed by atoms with Gasteiger partial charge in [0, 0.05) is 5.41 Å². The summed E-state index contributed by atoms with van der Waals surface area (Å²) in [6.07, 6.45) is 5.89. The van der Waals surface area contributed by atoms with Crippen LogP contribution in [0, 0.1) is 23.2 Å². The van der Waals surface area contributed by atoms with E-state index in [0.29, 0.717) is 17.8 Å². The molecule has 17 heavy (non-hydrogen) atoms. The van der Waals surface area contributed by atoms with Crippen molar-refractivity contribution >= 4 is 0 Å². The van der Waals surface area contributed by atoms with E-state index in [2.05, 4.69) is 27.7 Å². The van der Waals surface area contributed by atoms with Gasteiger partial charge in [0.25, 0.3) is 5.92 Å². The van der Waals surface area contributed by atoms with Gasteiger partial charge in [0.05, 0.1) is 0 Å². The van der Waals surface area contributed by atoms with Crippen LogP contribution in [0.15, 0.2) is 23.8 Å². The Labute approximate surface area is 103 Å². The summed E-state index contributed by atoms with van der Waals surface area (Å²) < 4.78 is 26.7. The van der Waals surface area contributed by atoms with Crippen molar-refractivity contribution in [2.75, 3.05) is 0 Å². The Bertz CT molecular complexity index is 365. The van der Waals surface area contributed by atoms with E-state index >= 15 is 0 Å². The Hall–Kier alpha value is -0.660. The second kappa shape index (κ2) is 3.93. The molecule has 1 saturated carbocycles. The van der Waals surface area contributed by atoms with Crippen molar-refractivity contribution in [1.29, 1.82) is 0 Å². The topological polar surface area (TPSA) is 0 Å². The third kappa shape index (κ3) is 2.07. The Morgan fingerprint density at radius 2 is 1.94 bits per heavy atom. The predicted octanol–water partition coefficient (Wildman–Crippen LogP) is 4.83. The van der Waals surface area contributed by atoms with Gasteiger partial charge in [0.1, 0.15) is 0 Å². The molecule has 0 bridgehead atoms. The van der Waals surface area contributed by atoms with Crippen LogP contribution in [0.5, 0.6) is 0 Å². The van der Waals surface area contributed by atoms with Gasteiger partial charge >= 0.3 is 0 Å². The molecule has 0 heterocycles. The fourth-order valence-corrected chi connectivity index (χ4v) is 3.54. The van der Waals surface area contributed by atoms with Crippen LogP contribution in [-0.4, -0.2) is 5.92 Å². The quantitative estimate of drug-likeness (QED) is 0.576. The van der Waals surface area contributed by atoms with Crippen LogP contribution < -0.4 is 0 Å². The van der Waals surface area contributed by atoms with Crippen LogP contribution in [0.4, 0.5) is 8.78 Å². The lowest BCUT2D eigenvalue weighted by Gasteiger charge is -2.48. The SMILES string of the molecule is CC(C)C1CCC2=CC(F)(F)C=C[C@]2(C)C1C. The fourth-order valence-electron chi connectivity index (χ4n) is 3.54. The highest BCUT2D eigenvalue weighted by atomic mass is 19.3. The predicted molar refractivity (Wildman–Crippen MR) is 67.0 cm³/mol. The van der Waals surface area contributed by atoms with Crippen molar-refractivity contribution in [3.8, 4) is 0 Å². The van der Waals surface area contributed by atoms with Gasteiger partial charge in [-0.3, -0.25) is 0 Å². The highest BCUT2D eigenvalue weighted by Gasteiger charge is 2.45. The van der Waals surface area contributed by atoms with Gasteiger partial charge in [0.2, 0.25) is 0 Å². The summed E-state index contributed by atoms with van der Waals surface area (Å²) in [7, 11) is 0. The highest BCUT2D eigenvalue weighted by molar-refractivity contribution is 5.34. The van der Waals surface area contributed by atoms with Gasteiger partial charge in [-0.05, 0) is 42.7 Å². The first-order valence-electron chi connectivity index (χ1n) is 6.57. The minimum absolute atomic E-state index is 0.158. The maximum atomic E-state index is 13.4. The second-order valence-corrected chi connectivity index (χ2v) is 6.20. The first-order chi connectivity index (χ1) is 7.76. The molecule has 0 radical (unpaired) electrons. The average Bonchev–Trinajstić information content (AvgIpc) is 2.21. The normalized spacial score (nSPS) is 40.1. The lowest BCUT2D eigenvalue weighted by atomic mass is 9.57. The maximum absolute atomic E-state index is 13.4. The van der Waals surface area contributed by atoms with E-state index in [0.717, 1.165) is 24.5 Å². The summed E-state index contributed by atoms with van der Waals surface area (Å²) in [6.45, 7) is 8.80. The first kappa shape index (κ1) is 12.8. The zero-order valence-corrected chi connectivity index (χ0v) is 11.1. The van der Waals surface area contributed by atoms with Crippen LogP contribution in [0.1, 0.15) is 40.5 Å². The molecule has 2 rings (SSSR count). The molecular formula is C15H22F2. The molecule has 2 aliphatic carbocycles. The minimum atomic E-state index is -2.74. The van der Waals surface area contributed by atoms with Crippen LogP contribution >= 0.6 is 0 Å². The number of fused-ring (bicyclic) bond motifs is 1. The lowest BCUT2D eigenvalue weighted by molar-refractivity contribution is 0.0821.